The molecule has 0 amide bonds. The summed E-state index contributed by atoms with van der Waals surface area (Å²) in [5.41, 5.74) is 0.879. The topological polar surface area (TPSA) is 72.2 Å². The fraction of sp³-hybridized carbons (Fsp3) is 0.0833. The van der Waals surface area contributed by atoms with E-state index in [9.17, 15) is 17.9 Å². The van der Waals surface area contributed by atoms with E-state index in [0.717, 1.165) is 16.5 Å². The number of rotatable bonds is 3. The summed E-state index contributed by atoms with van der Waals surface area (Å²) >= 11 is 0. The first-order chi connectivity index (χ1) is 8.79. The smallest absolute Gasteiger partial charge is 0.250 e. The Kier molecular flexibility index (Phi) is 3.15. The van der Waals surface area contributed by atoms with Gasteiger partial charge in [-0.1, -0.05) is 6.58 Å². The Hall–Kier alpha value is -2.15. The molecule has 19 heavy (non-hydrogen) atoms. The van der Waals surface area contributed by atoms with Gasteiger partial charge in [0.15, 0.2) is 0 Å². The zero-order valence-corrected chi connectivity index (χ0v) is 10.9. The van der Waals surface area contributed by atoms with Crippen LogP contribution in [-0.4, -0.2) is 29.0 Å². The number of benzene rings is 1. The molecule has 2 aromatic rings. The molecule has 0 aliphatic carbocycles. The minimum Gasteiger partial charge on any atom is -0.508 e. The molecule has 0 saturated heterocycles. The number of nitrogens with zero attached hydrogens (tertiary/aromatic N) is 2. The monoisotopic (exact) mass is 282 g/mol. The van der Waals surface area contributed by atoms with Crippen molar-refractivity contribution in [2.45, 2.75) is 0 Å². The standard InChI is InChI=1S/C12H11FN2O3S/c1-8(16)11-7-15(19(2,17)18)14-12(11)9-3-5-10(13)6-4-9/h3-7,16H,1H2,2H3. The van der Waals surface area contributed by atoms with Crippen LogP contribution < -0.4 is 0 Å². The zero-order valence-electron chi connectivity index (χ0n) is 10.0. The molecule has 1 heterocycles. The van der Waals surface area contributed by atoms with Gasteiger partial charge in [0.1, 0.15) is 17.3 Å². The van der Waals surface area contributed by atoms with E-state index >= 15 is 0 Å². The van der Waals surface area contributed by atoms with E-state index in [1.807, 2.05) is 0 Å². The van der Waals surface area contributed by atoms with Crippen LogP contribution in [0.1, 0.15) is 5.56 Å². The Balaban J connectivity index is 2.65. The molecule has 1 N–H and O–H groups in total. The van der Waals surface area contributed by atoms with Gasteiger partial charge >= 0.3 is 0 Å². The second-order valence-electron chi connectivity index (χ2n) is 3.98. The molecule has 0 fully saturated rings. The van der Waals surface area contributed by atoms with Gasteiger partial charge in [0, 0.05) is 5.56 Å². The molecule has 0 aliphatic rings. The lowest BCUT2D eigenvalue weighted by Crippen LogP contribution is -2.10. The normalized spacial score (nSPS) is 11.5. The molecule has 0 spiro atoms. The molecule has 0 aliphatic heterocycles. The van der Waals surface area contributed by atoms with Crippen LogP contribution in [0.4, 0.5) is 4.39 Å². The fourth-order valence-corrected chi connectivity index (χ4v) is 2.08. The van der Waals surface area contributed by atoms with E-state index < -0.39 is 15.8 Å². The third-order valence-electron chi connectivity index (χ3n) is 2.46. The predicted octanol–water partition coefficient (Wildman–Crippen LogP) is 2.03. The maximum atomic E-state index is 12.9. The van der Waals surface area contributed by atoms with Crippen molar-refractivity contribution in [1.82, 2.24) is 9.19 Å². The lowest BCUT2D eigenvalue weighted by atomic mass is 10.1. The summed E-state index contributed by atoms with van der Waals surface area (Å²) in [4.78, 5) is 0. The summed E-state index contributed by atoms with van der Waals surface area (Å²) in [5.74, 6) is -0.732. The number of halogens is 1. The molecule has 0 unspecified atom stereocenters. The second kappa shape index (κ2) is 4.51. The summed E-state index contributed by atoms with van der Waals surface area (Å²) < 4.78 is 36.5. The first-order valence-electron chi connectivity index (χ1n) is 5.23. The third-order valence-corrected chi connectivity index (χ3v) is 3.33. The quantitative estimate of drug-likeness (QED) is 0.874. The lowest BCUT2D eigenvalue weighted by molar-refractivity contribution is 0.514. The summed E-state index contributed by atoms with van der Waals surface area (Å²) in [7, 11) is -3.57. The van der Waals surface area contributed by atoms with Gasteiger partial charge in [-0.15, -0.1) is 0 Å². The average molecular weight is 282 g/mol. The van der Waals surface area contributed by atoms with Crippen molar-refractivity contribution in [3.05, 3.63) is 48.4 Å². The zero-order chi connectivity index (χ0) is 14.2. The highest BCUT2D eigenvalue weighted by atomic mass is 32.2. The van der Waals surface area contributed by atoms with Crippen LogP contribution in [0.2, 0.25) is 0 Å². The van der Waals surface area contributed by atoms with Crippen molar-refractivity contribution in [1.29, 1.82) is 0 Å². The van der Waals surface area contributed by atoms with Crippen molar-refractivity contribution in [2.75, 3.05) is 6.26 Å². The van der Waals surface area contributed by atoms with Gasteiger partial charge in [-0.2, -0.15) is 9.19 Å². The molecule has 5 nitrogen and oxygen atoms in total. The van der Waals surface area contributed by atoms with Gasteiger partial charge in [-0.05, 0) is 24.3 Å². The molecule has 2 rings (SSSR count). The van der Waals surface area contributed by atoms with E-state index in [1.54, 1.807) is 0 Å². The minimum absolute atomic E-state index is 0.178. The van der Waals surface area contributed by atoms with Crippen molar-refractivity contribution in [2.24, 2.45) is 0 Å². The van der Waals surface area contributed by atoms with Crippen LogP contribution in [0.25, 0.3) is 17.0 Å². The molecule has 0 bridgehead atoms. The van der Waals surface area contributed by atoms with E-state index in [2.05, 4.69) is 11.7 Å². The second-order valence-corrected chi connectivity index (χ2v) is 5.82. The average Bonchev–Trinajstić information content (AvgIpc) is 2.74. The minimum atomic E-state index is -3.57. The van der Waals surface area contributed by atoms with Crippen LogP contribution in [0.3, 0.4) is 0 Å². The maximum absolute atomic E-state index is 12.9. The molecule has 0 saturated carbocycles. The molecular weight excluding hydrogens is 271 g/mol. The van der Waals surface area contributed by atoms with Crippen molar-refractivity contribution in [3.8, 4) is 11.3 Å². The van der Waals surface area contributed by atoms with Gasteiger partial charge in [0.25, 0.3) is 10.0 Å². The highest BCUT2D eigenvalue weighted by molar-refractivity contribution is 7.89. The molecule has 1 aromatic carbocycles. The van der Waals surface area contributed by atoms with Crippen molar-refractivity contribution in [3.63, 3.8) is 0 Å². The van der Waals surface area contributed by atoms with Gasteiger partial charge in [0.05, 0.1) is 18.0 Å². The van der Waals surface area contributed by atoms with Gasteiger partial charge in [-0.25, -0.2) is 12.8 Å². The first-order valence-corrected chi connectivity index (χ1v) is 7.08. The molecule has 100 valence electrons. The fourth-order valence-electron chi connectivity index (χ4n) is 1.55. The molecule has 7 heteroatoms. The van der Waals surface area contributed by atoms with E-state index in [-0.39, 0.29) is 17.0 Å². The van der Waals surface area contributed by atoms with Crippen LogP contribution >= 0.6 is 0 Å². The highest BCUT2D eigenvalue weighted by Gasteiger charge is 2.17. The number of aromatic nitrogens is 2. The van der Waals surface area contributed by atoms with Crippen LogP contribution in [0.5, 0.6) is 0 Å². The largest absolute Gasteiger partial charge is 0.508 e. The van der Waals surface area contributed by atoms with E-state index in [1.165, 1.54) is 24.3 Å². The van der Waals surface area contributed by atoms with Gasteiger partial charge in [0.2, 0.25) is 0 Å². The Morgan fingerprint density at radius 3 is 2.42 bits per heavy atom. The van der Waals surface area contributed by atoms with Gasteiger partial charge < -0.3 is 5.11 Å². The van der Waals surface area contributed by atoms with E-state index in [0.29, 0.717) is 5.56 Å². The Bertz CT molecular complexity index is 733. The first kappa shape index (κ1) is 13.3. The molecule has 0 radical (unpaired) electrons. The van der Waals surface area contributed by atoms with Crippen LogP contribution in [0.15, 0.2) is 37.0 Å². The molecule has 1 aromatic heterocycles. The summed E-state index contributed by atoms with van der Waals surface area (Å²) in [6, 6.07) is 5.32. The third kappa shape index (κ3) is 2.65. The number of aliphatic hydroxyl groups is 1. The molecule has 0 atom stereocenters. The van der Waals surface area contributed by atoms with Crippen LogP contribution in [-0.2, 0) is 10.0 Å². The predicted molar refractivity (Wildman–Crippen MR) is 69.5 cm³/mol. The number of aliphatic hydroxyl groups excluding tert-OH is 1. The Labute approximate surface area is 109 Å². The van der Waals surface area contributed by atoms with Crippen LogP contribution in [0, 0.1) is 5.82 Å². The van der Waals surface area contributed by atoms with Gasteiger partial charge in [-0.3, -0.25) is 0 Å². The summed E-state index contributed by atoms with van der Waals surface area (Å²) in [6.45, 7) is 3.36. The highest BCUT2D eigenvalue weighted by Crippen LogP contribution is 2.26. The lowest BCUT2D eigenvalue weighted by Gasteiger charge is -2.00. The SMILES string of the molecule is C=C(O)c1cn(S(C)(=O)=O)nc1-c1ccc(F)cc1. The Morgan fingerprint density at radius 2 is 1.95 bits per heavy atom. The summed E-state index contributed by atoms with van der Waals surface area (Å²) in [6.07, 6.45) is 2.15. The number of hydrogen-bond donors (Lipinski definition) is 1. The van der Waals surface area contributed by atoms with Crippen molar-refractivity contribution < 1.29 is 17.9 Å². The Morgan fingerprint density at radius 1 is 1.37 bits per heavy atom. The summed E-state index contributed by atoms with van der Waals surface area (Å²) in [5, 5.41) is 13.4. The molecular formula is C12H11FN2O3S. The number of hydrogen-bond acceptors (Lipinski definition) is 4. The van der Waals surface area contributed by atoms with E-state index in [4.69, 9.17) is 0 Å². The van der Waals surface area contributed by atoms with Crippen molar-refractivity contribution >= 4 is 15.8 Å². The maximum Gasteiger partial charge on any atom is 0.250 e.